The topological polar surface area (TPSA) is 72.2 Å². The Kier molecular flexibility index (Phi) is 5.01. The highest BCUT2D eigenvalue weighted by Crippen LogP contribution is 2.27. The minimum atomic E-state index is -3.16. The molecular weight excluding hydrogens is 303 g/mol. The molecular formula is C13H18ClFN2O2S. The Balaban J connectivity index is 2.22. The van der Waals surface area contributed by atoms with Crippen LogP contribution in [0.4, 0.5) is 4.39 Å². The van der Waals surface area contributed by atoms with Crippen LogP contribution in [0.25, 0.3) is 0 Å². The zero-order valence-electron chi connectivity index (χ0n) is 11.0. The molecule has 2 unspecified atom stereocenters. The number of halogens is 2. The molecule has 0 aromatic heterocycles. The van der Waals surface area contributed by atoms with E-state index in [9.17, 15) is 12.8 Å². The van der Waals surface area contributed by atoms with Crippen LogP contribution in [-0.4, -0.2) is 25.5 Å². The van der Waals surface area contributed by atoms with E-state index in [-0.39, 0.29) is 17.2 Å². The molecule has 1 aliphatic rings. The highest BCUT2D eigenvalue weighted by atomic mass is 35.5. The Morgan fingerprint density at radius 1 is 1.45 bits per heavy atom. The largest absolute Gasteiger partial charge is 0.271 e. The molecule has 1 aromatic rings. The number of hydrogen-bond acceptors (Lipinski definition) is 4. The summed E-state index contributed by atoms with van der Waals surface area (Å²) in [6.07, 6.45) is 2.41. The summed E-state index contributed by atoms with van der Waals surface area (Å²) in [4.78, 5) is 0. The Hall–Kier alpha value is -0.690. The molecule has 4 nitrogen and oxygen atoms in total. The van der Waals surface area contributed by atoms with Crippen LogP contribution >= 0.6 is 11.6 Å². The molecule has 1 aromatic carbocycles. The lowest BCUT2D eigenvalue weighted by atomic mass is 10.00. The van der Waals surface area contributed by atoms with Crippen molar-refractivity contribution in [2.75, 3.05) is 5.75 Å². The highest BCUT2D eigenvalue weighted by molar-refractivity contribution is 7.92. The van der Waals surface area contributed by atoms with E-state index < -0.39 is 26.9 Å². The lowest BCUT2D eigenvalue weighted by Gasteiger charge is -2.29. The Morgan fingerprint density at radius 3 is 2.85 bits per heavy atom. The van der Waals surface area contributed by atoms with Gasteiger partial charge in [-0.1, -0.05) is 30.2 Å². The third kappa shape index (κ3) is 3.31. The molecule has 0 amide bonds. The lowest BCUT2D eigenvalue weighted by molar-refractivity contribution is 0.440. The molecule has 0 aliphatic carbocycles. The van der Waals surface area contributed by atoms with E-state index in [0.29, 0.717) is 18.4 Å². The summed E-state index contributed by atoms with van der Waals surface area (Å²) >= 11 is 5.91. The third-order valence-electron chi connectivity index (χ3n) is 3.76. The summed E-state index contributed by atoms with van der Waals surface area (Å²) in [5.41, 5.74) is 3.13. The number of rotatable bonds is 4. The number of nitrogens with one attached hydrogen (secondary N) is 1. The number of hydrogen-bond donors (Lipinski definition) is 2. The van der Waals surface area contributed by atoms with Crippen molar-refractivity contribution in [3.8, 4) is 0 Å². The van der Waals surface area contributed by atoms with Crippen molar-refractivity contribution in [2.45, 2.75) is 37.0 Å². The van der Waals surface area contributed by atoms with Gasteiger partial charge in [0.1, 0.15) is 5.82 Å². The first kappa shape index (κ1) is 15.7. The van der Waals surface area contributed by atoms with Gasteiger partial charge in [-0.25, -0.2) is 12.8 Å². The minimum Gasteiger partial charge on any atom is -0.271 e. The quantitative estimate of drug-likeness (QED) is 0.655. The maximum absolute atomic E-state index is 13.4. The van der Waals surface area contributed by atoms with Gasteiger partial charge < -0.3 is 0 Å². The second-order valence-electron chi connectivity index (χ2n) is 5.09. The van der Waals surface area contributed by atoms with Crippen LogP contribution in [0.15, 0.2) is 18.2 Å². The van der Waals surface area contributed by atoms with Gasteiger partial charge in [-0.2, -0.15) is 0 Å². The summed E-state index contributed by atoms with van der Waals surface area (Å²) in [5, 5.41) is -0.512. The van der Waals surface area contributed by atoms with E-state index >= 15 is 0 Å². The fourth-order valence-corrected chi connectivity index (χ4v) is 4.99. The lowest BCUT2D eigenvalue weighted by Crippen LogP contribution is -2.50. The summed E-state index contributed by atoms with van der Waals surface area (Å²) in [6.45, 7) is 0. The van der Waals surface area contributed by atoms with Crippen molar-refractivity contribution in [2.24, 2.45) is 5.84 Å². The van der Waals surface area contributed by atoms with Crippen molar-refractivity contribution in [3.05, 3.63) is 34.6 Å². The van der Waals surface area contributed by atoms with Gasteiger partial charge >= 0.3 is 0 Å². The third-order valence-corrected chi connectivity index (χ3v) is 6.53. The fraction of sp³-hybridized carbons (Fsp3) is 0.538. The standard InChI is InChI=1S/C13H18ClFN2O2S/c14-13-9(4-3-5-10(13)15)8-11(17-16)12-6-1-2-7-20(12,18)19/h3-5,11-12,17H,1-2,6-8,16H2. The van der Waals surface area contributed by atoms with Crippen molar-refractivity contribution in [3.63, 3.8) is 0 Å². The predicted octanol–water partition coefficient (Wildman–Crippen LogP) is 1.82. The Morgan fingerprint density at radius 2 is 2.20 bits per heavy atom. The molecule has 0 spiro atoms. The normalized spacial score (nSPS) is 23.4. The summed E-state index contributed by atoms with van der Waals surface area (Å²) in [6, 6.07) is 4.05. The zero-order valence-corrected chi connectivity index (χ0v) is 12.6. The van der Waals surface area contributed by atoms with E-state index in [1.807, 2.05) is 0 Å². The van der Waals surface area contributed by atoms with Crippen LogP contribution in [0.5, 0.6) is 0 Å². The first-order valence-corrected chi connectivity index (χ1v) is 8.65. The van der Waals surface area contributed by atoms with Crippen LogP contribution in [0.3, 0.4) is 0 Å². The highest BCUT2D eigenvalue weighted by Gasteiger charge is 2.35. The average molecular weight is 321 g/mol. The van der Waals surface area contributed by atoms with Crippen LogP contribution in [-0.2, 0) is 16.3 Å². The molecule has 1 fully saturated rings. The fourth-order valence-electron chi connectivity index (χ4n) is 2.67. The monoisotopic (exact) mass is 320 g/mol. The molecule has 1 heterocycles. The Bertz CT molecular complexity index is 580. The summed E-state index contributed by atoms with van der Waals surface area (Å²) in [5.74, 6) is 5.19. The SMILES string of the molecule is NNC(Cc1cccc(F)c1Cl)C1CCCCS1(=O)=O. The van der Waals surface area contributed by atoms with Gasteiger partial charge in [-0.05, 0) is 30.9 Å². The van der Waals surface area contributed by atoms with Crippen molar-refractivity contribution >= 4 is 21.4 Å². The molecule has 3 N–H and O–H groups in total. The minimum absolute atomic E-state index is 0.0287. The number of benzene rings is 1. The molecule has 2 atom stereocenters. The molecule has 7 heteroatoms. The second-order valence-corrected chi connectivity index (χ2v) is 7.81. The van der Waals surface area contributed by atoms with Crippen LogP contribution in [0.2, 0.25) is 5.02 Å². The molecule has 112 valence electrons. The summed E-state index contributed by atoms with van der Waals surface area (Å²) < 4.78 is 37.7. The van der Waals surface area contributed by atoms with E-state index in [1.165, 1.54) is 6.07 Å². The van der Waals surface area contributed by atoms with Crippen molar-refractivity contribution in [1.82, 2.24) is 5.43 Å². The molecule has 1 aliphatic heterocycles. The predicted molar refractivity (Wildman–Crippen MR) is 77.7 cm³/mol. The van der Waals surface area contributed by atoms with Gasteiger partial charge in [0.2, 0.25) is 0 Å². The van der Waals surface area contributed by atoms with Crippen LogP contribution in [0.1, 0.15) is 24.8 Å². The van der Waals surface area contributed by atoms with Crippen LogP contribution in [0, 0.1) is 5.82 Å². The number of nitrogens with two attached hydrogens (primary N) is 1. The van der Waals surface area contributed by atoms with Gasteiger partial charge in [0.25, 0.3) is 0 Å². The number of sulfone groups is 1. The van der Waals surface area contributed by atoms with Gasteiger partial charge in [-0.3, -0.25) is 11.3 Å². The molecule has 0 bridgehead atoms. The molecule has 0 saturated carbocycles. The smallest absolute Gasteiger partial charge is 0.154 e. The average Bonchev–Trinajstić information content (AvgIpc) is 2.41. The van der Waals surface area contributed by atoms with E-state index in [1.54, 1.807) is 12.1 Å². The van der Waals surface area contributed by atoms with Gasteiger partial charge in [0, 0.05) is 6.04 Å². The first-order valence-electron chi connectivity index (χ1n) is 6.56. The van der Waals surface area contributed by atoms with Gasteiger partial charge in [0.05, 0.1) is 16.0 Å². The van der Waals surface area contributed by atoms with E-state index in [4.69, 9.17) is 17.4 Å². The van der Waals surface area contributed by atoms with Crippen molar-refractivity contribution < 1.29 is 12.8 Å². The summed E-state index contributed by atoms with van der Waals surface area (Å²) in [7, 11) is -3.16. The van der Waals surface area contributed by atoms with Gasteiger partial charge in [0.15, 0.2) is 9.84 Å². The van der Waals surface area contributed by atoms with Crippen molar-refractivity contribution in [1.29, 1.82) is 0 Å². The second kappa shape index (κ2) is 6.39. The Labute approximate surface area is 123 Å². The first-order chi connectivity index (χ1) is 9.45. The maximum Gasteiger partial charge on any atom is 0.154 e. The maximum atomic E-state index is 13.4. The molecule has 2 rings (SSSR count). The molecule has 0 radical (unpaired) electrons. The molecule has 1 saturated heterocycles. The number of hydrazine groups is 1. The van der Waals surface area contributed by atoms with E-state index in [0.717, 1.165) is 6.42 Å². The van der Waals surface area contributed by atoms with E-state index in [2.05, 4.69) is 5.43 Å². The van der Waals surface area contributed by atoms with Crippen LogP contribution < -0.4 is 11.3 Å². The van der Waals surface area contributed by atoms with Gasteiger partial charge in [-0.15, -0.1) is 0 Å². The molecule has 20 heavy (non-hydrogen) atoms. The zero-order chi connectivity index (χ0) is 14.8.